The van der Waals surface area contributed by atoms with Gasteiger partial charge in [0.15, 0.2) is 0 Å². The third-order valence-corrected chi connectivity index (χ3v) is 4.31. The molecule has 0 aliphatic heterocycles. The molecule has 2 nitrogen and oxygen atoms in total. The van der Waals surface area contributed by atoms with Gasteiger partial charge in [-0.25, -0.2) is 0 Å². The lowest BCUT2D eigenvalue weighted by atomic mass is 10.0. The van der Waals surface area contributed by atoms with E-state index >= 15 is 0 Å². The second-order valence-electron chi connectivity index (χ2n) is 6.50. The van der Waals surface area contributed by atoms with Gasteiger partial charge in [-0.1, -0.05) is 76.8 Å². The van der Waals surface area contributed by atoms with Crippen LogP contribution in [0.2, 0.25) is 0 Å². The average Bonchev–Trinajstić information content (AvgIpc) is 2.58. The van der Waals surface area contributed by atoms with E-state index in [4.69, 9.17) is 9.84 Å². The zero-order valence-electron chi connectivity index (χ0n) is 15.1. The fourth-order valence-electron chi connectivity index (χ4n) is 2.82. The Morgan fingerprint density at radius 2 is 1.30 bits per heavy atom. The van der Waals surface area contributed by atoms with Crippen LogP contribution in [0.3, 0.4) is 0 Å². The van der Waals surface area contributed by atoms with Crippen molar-refractivity contribution in [3.05, 3.63) is 29.8 Å². The molecule has 0 aliphatic carbocycles. The van der Waals surface area contributed by atoms with Gasteiger partial charge in [-0.15, -0.1) is 0 Å². The predicted molar refractivity (Wildman–Crippen MR) is 99.2 cm³/mol. The van der Waals surface area contributed by atoms with Crippen LogP contribution in [-0.4, -0.2) is 18.3 Å². The summed E-state index contributed by atoms with van der Waals surface area (Å²) in [5.74, 6) is 0.908. The van der Waals surface area contributed by atoms with Gasteiger partial charge >= 0.3 is 0 Å². The smallest absolute Gasteiger partial charge is 0.119 e. The van der Waals surface area contributed by atoms with Crippen molar-refractivity contribution in [1.29, 1.82) is 0 Å². The fourth-order valence-corrected chi connectivity index (χ4v) is 2.82. The Labute approximate surface area is 143 Å². The summed E-state index contributed by atoms with van der Waals surface area (Å²) >= 11 is 0. The minimum atomic E-state index is 0.191. The predicted octanol–water partition coefficient (Wildman–Crippen LogP) is 5.91. The van der Waals surface area contributed by atoms with Crippen LogP contribution in [-0.2, 0) is 6.42 Å². The first-order chi connectivity index (χ1) is 11.4. The maximum atomic E-state index is 8.73. The van der Waals surface area contributed by atoms with Crippen molar-refractivity contribution in [3.8, 4) is 5.75 Å². The zero-order chi connectivity index (χ0) is 16.6. The molecule has 0 saturated heterocycles. The number of aliphatic hydroxyl groups excluding tert-OH is 1. The Morgan fingerprint density at radius 1 is 0.739 bits per heavy atom. The Bertz CT molecular complexity index is 359. The fraction of sp³-hybridized carbons (Fsp3) is 0.714. The highest BCUT2D eigenvalue weighted by atomic mass is 16.5. The van der Waals surface area contributed by atoms with E-state index in [0.717, 1.165) is 5.75 Å². The van der Waals surface area contributed by atoms with Crippen LogP contribution >= 0.6 is 0 Å². The average molecular weight is 321 g/mol. The van der Waals surface area contributed by atoms with E-state index in [1.54, 1.807) is 0 Å². The summed E-state index contributed by atoms with van der Waals surface area (Å²) < 4.78 is 5.55. The summed E-state index contributed by atoms with van der Waals surface area (Å²) in [5, 5.41) is 8.73. The van der Waals surface area contributed by atoms with Crippen LogP contribution < -0.4 is 4.74 Å². The Hall–Kier alpha value is -1.02. The van der Waals surface area contributed by atoms with Crippen molar-refractivity contribution in [1.82, 2.24) is 0 Å². The summed E-state index contributed by atoms with van der Waals surface area (Å²) in [4.78, 5) is 0. The van der Waals surface area contributed by atoms with Gasteiger partial charge in [-0.3, -0.25) is 0 Å². The minimum Gasteiger partial charge on any atom is -0.494 e. The number of hydrogen-bond donors (Lipinski definition) is 1. The van der Waals surface area contributed by atoms with Gasteiger partial charge in [0.05, 0.1) is 6.61 Å². The largest absolute Gasteiger partial charge is 0.494 e. The Kier molecular flexibility index (Phi) is 12.7. The molecule has 0 spiro atoms. The third kappa shape index (κ3) is 11.2. The summed E-state index contributed by atoms with van der Waals surface area (Å²) in [6, 6.07) is 8.43. The lowest BCUT2D eigenvalue weighted by Crippen LogP contribution is -1.99. The van der Waals surface area contributed by atoms with Gasteiger partial charge in [0.1, 0.15) is 5.75 Å². The number of hydrogen-bond acceptors (Lipinski definition) is 2. The van der Waals surface area contributed by atoms with Crippen molar-refractivity contribution in [2.24, 2.45) is 0 Å². The first-order valence-electron chi connectivity index (χ1n) is 9.69. The SMILES string of the molecule is CCCCCCCCCCCCc1ccc(OCCCO)cc1. The van der Waals surface area contributed by atoms with Crippen molar-refractivity contribution in [3.63, 3.8) is 0 Å². The van der Waals surface area contributed by atoms with Gasteiger partial charge in [0.2, 0.25) is 0 Å². The summed E-state index contributed by atoms with van der Waals surface area (Å²) in [6.45, 7) is 3.06. The number of benzene rings is 1. The van der Waals surface area contributed by atoms with Crippen molar-refractivity contribution in [2.75, 3.05) is 13.2 Å². The van der Waals surface area contributed by atoms with E-state index in [-0.39, 0.29) is 6.61 Å². The highest BCUT2D eigenvalue weighted by Crippen LogP contribution is 2.16. The molecule has 1 aromatic carbocycles. The van der Waals surface area contributed by atoms with Crippen molar-refractivity contribution < 1.29 is 9.84 Å². The highest BCUT2D eigenvalue weighted by molar-refractivity contribution is 5.27. The number of aliphatic hydroxyl groups is 1. The Morgan fingerprint density at radius 3 is 1.87 bits per heavy atom. The molecular weight excluding hydrogens is 284 g/mol. The van der Waals surface area contributed by atoms with Crippen molar-refractivity contribution >= 4 is 0 Å². The number of aryl methyl sites for hydroxylation is 1. The topological polar surface area (TPSA) is 29.5 Å². The second kappa shape index (κ2) is 14.6. The summed E-state index contributed by atoms with van der Waals surface area (Å²) in [5.41, 5.74) is 1.40. The van der Waals surface area contributed by atoms with E-state index in [1.807, 2.05) is 12.1 Å². The van der Waals surface area contributed by atoms with E-state index in [9.17, 15) is 0 Å². The number of rotatable bonds is 15. The van der Waals surface area contributed by atoms with Gasteiger partial charge < -0.3 is 9.84 Å². The summed E-state index contributed by atoms with van der Waals surface area (Å²) in [7, 11) is 0. The molecule has 132 valence electrons. The standard InChI is InChI=1S/C21H36O2/c1-2-3-4-5-6-7-8-9-10-11-13-20-14-16-21(17-15-20)23-19-12-18-22/h14-17,22H,2-13,18-19H2,1H3. The lowest BCUT2D eigenvalue weighted by molar-refractivity contribution is 0.233. The van der Waals surface area contributed by atoms with Gasteiger partial charge in [0, 0.05) is 13.0 Å². The molecule has 0 radical (unpaired) electrons. The van der Waals surface area contributed by atoms with E-state index in [1.165, 1.54) is 76.2 Å². The molecule has 1 rings (SSSR count). The third-order valence-electron chi connectivity index (χ3n) is 4.31. The van der Waals surface area contributed by atoms with Crippen LogP contribution in [0.25, 0.3) is 0 Å². The molecule has 0 fully saturated rings. The molecular formula is C21H36O2. The molecule has 1 aromatic rings. The van der Waals surface area contributed by atoms with E-state index < -0.39 is 0 Å². The quantitative estimate of drug-likeness (QED) is 0.407. The first-order valence-corrected chi connectivity index (χ1v) is 9.69. The number of unbranched alkanes of at least 4 members (excludes halogenated alkanes) is 9. The van der Waals surface area contributed by atoms with Crippen LogP contribution in [0.5, 0.6) is 5.75 Å². The normalized spacial score (nSPS) is 10.9. The maximum Gasteiger partial charge on any atom is 0.119 e. The van der Waals surface area contributed by atoms with Crippen LogP contribution in [0.1, 0.15) is 83.1 Å². The molecule has 0 bridgehead atoms. The summed E-state index contributed by atoms with van der Waals surface area (Å²) in [6.07, 6.45) is 15.8. The van der Waals surface area contributed by atoms with Gasteiger partial charge in [0.25, 0.3) is 0 Å². The van der Waals surface area contributed by atoms with Crippen LogP contribution in [0, 0.1) is 0 Å². The van der Waals surface area contributed by atoms with E-state index in [2.05, 4.69) is 19.1 Å². The molecule has 0 amide bonds. The molecule has 0 aliphatic rings. The van der Waals surface area contributed by atoms with Crippen molar-refractivity contribution in [2.45, 2.75) is 84.0 Å². The molecule has 0 aromatic heterocycles. The van der Waals surface area contributed by atoms with Gasteiger partial charge in [-0.05, 0) is 30.5 Å². The molecule has 0 saturated carbocycles. The molecule has 2 heteroatoms. The van der Waals surface area contributed by atoms with Gasteiger partial charge in [-0.2, -0.15) is 0 Å². The van der Waals surface area contributed by atoms with Crippen LogP contribution in [0.4, 0.5) is 0 Å². The molecule has 0 heterocycles. The first kappa shape index (κ1) is 20.0. The molecule has 1 N–H and O–H groups in total. The lowest BCUT2D eigenvalue weighted by Gasteiger charge is -2.06. The monoisotopic (exact) mass is 320 g/mol. The minimum absolute atomic E-state index is 0.191. The highest BCUT2D eigenvalue weighted by Gasteiger charge is 1.97. The van der Waals surface area contributed by atoms with E-state index in [0.29, 0.717) is 13.0 Å². The molecule has 0 unspecified atom stereocenters. The molecule has 23 heavy (non-hydrogen) atoms. The zero-order valence-corrected chi connectivity index (χ0v) is 15.1. The second-order valence-corrected chi connectivity index (χ2v) is 6.50. The van der Waals surface area contributed by atoms with Crippen LogP contribution in [0.15, 0.2) is 24.3 Å². The molecule has 0 atom stereocenters. The Balaban J connectivity index is 1.97. The number of ether oxygens (including phenoxy) is 1. The maximum absolute atomic E-state index is 8.73.